The van der Waals surface area contributed by atoms with Gasteiger partial charge in [-0.3, -0.25) is 0 Å². The third-order valence-electron chi connectivity index (χ3n) is 3.26. The molecule has 2 heterocycles. The minimum atomic E-state index is -0.0530. The fourth-order valence-electron chi connectivity index (χ4n) is 2.12. The van der Waals surface area contributed by atoms with Gasteiger partial charge in [0, 0.05) is 18.0 Å². The highest BCUT2D eigenvalue weighted by Crippen LogP contribution is 2.17. The minimum absolute atomic E-state index is 0.00651. The number of hydrogen-bond acceptors (Lipinski definition) is 3. The summed E-state index contributed by atoms with van der Waals surface area (Å²) in [5.41, 5.74) is 1.22. The molecule has 1 saturated heterocycles. The van der Waals surface area contributed by atoms with Gasteiger partial charge in [-0.25, -0.2) is 4.79 Å². The number of urea groups is 1. The standard InChI is InChI=1S/C13H17N3OS/c1-10-4-6-18-12(10)8-15-13(17)16-5-2-3-11(7-14)9-16/h4,6,11H,2-3,5,8-9H2,1H3,(H,15,17)/t11-/m1/s1. The topological polar surface area (TPSA) is 56.1 Å². The van der Waals surface area contributed by atoms with Gasteiger partial charge in [0.2, 0.25) is 0 Å². The van der Waals surface area contributed by atoms with Crippen LogP contribution in [0.15, 0.2) is 11.4 Å². The zero-order valence-electron chi connectivity index (χ0n) is 10.5. The van der Waals surface area contributed by atoms with Gasteiger partial charge in [-0.1, -0.05) is 0 Å². The van der Waals surface area contributed by atoms with Crippen molar-refractivity contribution in [3.05, 3.63) is 21.9 Å². The van der Waals surface area contributed by atoms with E-state index in [1.54, 1.807) is 16.2 Å². The van der Waals surface area contributed by atoms with Crippen molar-refractivity contribution < 1.29 is 4.79 Å². The highest BCUT2D eigenvalue weighted by Gasteiger charge is 2.23. The molecule has 0 unspecified atom stereocenters. The zero-order chi connectivity index (χ0) is 13.0. The Morgan fingerprint density at radius 2 is 2.56 bits per heavy atom. The number of rotatable bonds is 2. The van der Waals surface area contributed by atoms with Gasteiger partial charge >= 0.3 is 6.03 Å². The van der Waals surface area contributed by atoms with Gasteiger partial charge in [0.25, 0.3) is 0 Å². The maximum atomic E-state index is 12.0. The summed E-state index contributed by atoms with van der Waals surface area (Å²) in [4.78, 5) is 14.9. The van der Waals surface area contributed by atoms with Gasteiger partial charge in [-0.05, 0) is 36.8 Å². The monoisotopic (exact) mass is 263 g/mol. The lowest BCUT2D eigenvalue weighted by molar-refractivity contribution is 0.176. The minimum Gasteiger partial charge on any atom is -0.333 e. The Bertz CT molecular complexity index is 463. The van der Waals surface area contributed by atoms with Crippen LogP contribution < -0.4 is 5.32 Å². The Hall–Kier alpha value is -1.54. The molecular weight excluding hydrogens is 246 g/mol. The Labute approximate surface area is 111 Å². The lowest BCUT2D eigenvalue weighted by Gasteiger charge is -2.29. The first-order valence-corrected chi connectivity index (χ1v) is 7.04. The van der Waals surface area contributed by atoms with Crippen molar-refractivity contribution in [2.75, 3.05) is 13.1 Å². The summed E-state index contributed by atoms with van der Waals surface area (Å²) in [7, 11) is 0. The molecule has 1 fully saturated rings. The molecule has 1 atom stereocenters. The molecular formula is C13H17N3OS. The molecule has 1 aromatic heterocycles. The molecule has 2 amide bonds. The second kappa shape index (κ2) is 5.87. The highest BCUT2D eigenvalue weighted by molar-refractivity contribution is 7.10. The van der Waals surface area contributed by atoms with Crippen LogP contribution in [0.1, 0.15) is 23.3 Å². The number of aryl methyl sites for hydroxylation is 1. The lowest BCUT2D eigenvalue weighted by Crippen LogP contribution is -2.45. The molecule has 1 aliphatic rings. The first kappa shape index (κ1) is 12.9. The predicted octanol–water partition coefficient (Wildman–Crippen LogP) is 2.50. The van der Waals surface area contributed by atoms with Crippen molar-refractivity contribution in [1.82, 2.24) is 10.2 Å². The van der Waals surface area contributed by atoms with Gasteiger partial charge in [0.05, 0.1) is 18.5 Å². The Morgan fingerprint density at radius 1 is 1.72 bits per heavy atom. The van der Waals surface area contributed by atoms with Crippen molar-refractivity contribution in [3.8, 4) is 6.07 Å². The number of nitrogens with zero attached hydrogens (tertiary/aromatic N) is 2. The van der Waals surface area contributed by atoms with Crippen LogP contribution in [-0.4, -0.2) is 24.0 Å². The number of amides is 2. The number of carbonyl (C=O) groups is 1. The maximum absolute atomic E-state index is 12.0. The fraction of sp³-hybridized carbons (Fsp3) is 0.538. The normalized spacial score (nSPS) is 19.3. The molecule has 2 rings (SSSR count). The Kier molecular flexibility index (Phi) is 4.21. The quantitative estimate of drug-likeness (QED) is 0.891. The van der Waals surface area contributed by atoms with Crippen LogP contribution in [0.3, 0.4) is 0 Å². The maximum Gasteiger partial charge on any atom is 0.317 e. The number of nitrogens with one attached hydrogen (secondary N) is 1. The van der Waals surface area contributed by atoms with Crippen molar-refractivity contribution in [1.29, 1.82) is 5.26 Å². The van der Waals surface area contributed by atoms with Gasteiger partial charge in [0.15, 0.2) is 0 Å². The van der Waals surface area contributed by atoms with Gasteiger partial charge in [0.1, 0.15) is 0 Å². The van der Waals surface area contributed by atoms with Crippen molar-refractivity contribution in [2.24, 2.45) is 5.92 Å². The van der Waals surface area contributed by atoms with E-state index in [1.165, 1.54) is 10.4 Å². The molecule has 0 bridgehead atoms. The number of hydrogen-bond donors (Lipinski definition) is 1. The Balaban J connectivity index is 1.85. The number of piperidine rings is 1. The second-order valence-electron chi connectivity index (χ2n) is 4.60. The number of carbonyl (C=O) groups excluding carboxylic acids is 1. The van der Waals surface area contributed by atoms with E-state index in [0.29, 0.717) is 13.1 Å². The summed E-state index contributed by atoms with van der Waals surface area (Å²) < 4.78 is 0. The molecule has 1 aliphatic heterocycles. The van der Waals surface area contributed by atoms with Crippen LogP contribution in [0.2, 0.25) is 0 Å². The largest absolute Gasteiger partial charge is 0.333 e. The van der Waals surface area contributed by atoms with E-state index in [1.807, 2.05) is 12.3 Å². The fourth-order valence-corrected chi connectivity index (χ4v) is 2.97. The molecule has 0 aliphatic carbocycles. The smallest absolute Gasteiger partial charge is 0.317 e. The zero-order valence-corrected chi connectivity index (χ0v) is 11.3. The number of nitriles is 1. The van der Waals surface area contributed by atoms with Gasteiger partial charge < -0.3 is 10.2 Å². The molecule has 96 valence electrons. The third kappa shape index (κ3) is 3.02. The van der Waals surface area contributed by atoms with Gasteiger partial charge in [-0.15, -0.1) is 11.3 Å². The van der Waals surface area contributed by atoms with E-state index in [-0.39, 0.29) is 11.9 Å². The SMILES string of the molecule is Cc1ccsc1CNC(=O)N1CCC[C@H](C#N)C1. The summed E-state index contributed by atoms with van der Waals surface area (Å²) in [6, 6.07) is 4.25. The summed E-state index contributed by atoms with van der Waals surface area (Å²) >= 11 is 1.66. The molecule has 1 N–H and O–H groups in total. The molecule has 0 aromatic carbocycles. The lowest BCUT2D eigenvalue weighted by atomic mass is 10.0. The molecule has 4 nitrogen and oxygen atoms in total. The first-order valence-electron chi connectivity index (χ1n) is 6.16. The Morgan fingerprint density at radius 3 is 3.22 bits per heavy atom. The van der Waals surface area contributed by atoms with Crippen LogP contribution in [0.5, 0.6) is 0 Å². The van der Waals surface area contributed by atoms with Crippen molar-refractivity contribution >= 4 is 17.4 Å². The van der Waals surface area contributed by atoms with Crippen molar-refractivity contribution in [2.45, 2.75) is 26.3 Å². The summed E-state index contributed by atoms with van der Waals surface area (Å²) in [5.74, 6) is -0.00651. The molecule has 5 heteroatoms. The summed E-state index contributed by atoms with van der Waals surface area (Å²) in [5, 5.41) is 13.9. The molecule has 18 heavy (non-hydrogen) atoms. The summed E-state index contributed by atoms with van der Waals surface area (Å²) in [6.07, 6.45) is 1.83. The summed E-state index contributed by atoms with van der Waals surface area (Å²) in [6.45, 7) is 3.94. The molecule has 0 spiro atoms. The van der Waals surface area contributed by atoms with Crippen LogP contribution >= 0.6 is 11.3 Å². The highest BCUT2D eigenvalue weighted by atomic mass is 32.1. The molecule has 0 saturated carbocycles. The van der Waals surface area contributed by atoms with Crippen LogP contribution in [0, 0.1) is 24.2 Å². The molecule has 1 aromatic rings. The van der Waals surface area contributed by atoms with Crippen LogP contribution in [0.4, 0.5) is 4.79 Å². The number of likely N-dealkylation sites (tertiary alicyclic amines) is 1. The number of thiophene rings is 1. The second-order valence-corrected chi connectivity index (χ2v) is 5.60. The predicted molar refractivity (Wildman–Crippen MR) is 71.2 cm³/mol. The third-order valence-corrected chi connectivity index (χ3v) is 4.28. The van der Waals surface area contributed by atoms with Crippen LogP contribution in [-0.2, 0) is 6.54 Å². The van der Waals surface area contributed by atoms with Crippen molar-refractivity contribution in [3.63, 3.8) is 0 Å². The molecule has 0 radical (unpaired) electrons. The average molecular weight is 263 g/mol. The van der Waals surface area contributed by atoms with E-state index >= 15 is 0 Å². The average Bonchev–Trinajstić information content (AvgIpc) is 2.81. The van der Waals surface area contributed by atoms with Gasteiger partial charge in [-0.2, -0.15) is 5.26 Å². The van der Waals surface area contributed by atoms with E-state index in [9.17, 15) is 4.79 Å². The first-order chi connectivity index (χ1) is 8.70. The van der Waals surface area contributed by atoms with Crippen LogP contribution in [0.25, 0.3) is 0 Å². The van der Waals surface area contributed by atoms with E-state index in [2.05, 4.69) is 17.5 Å². The van der Waals surface area contributed by atoms with E-state index in [0.717, 1.165) is 19.4 Å². The van der Waals surface area contributed by atoms with E-state index in [4.69, 9.17) is 5.26 Å². The van der Waals surface area contributed by atoms with E-state index < -0.39 is 0 Å².